The van der Waals surface area contributed by atoms with Crippen LogP contribution in [0.2, 0.25) is 0 Å². The molecule has 0 atom stereocenters. The summed E-state index contributed by atoms with van der Waals surface area (Å²) in [5, 5.41) is 0. The molecule has 12 aromatic rings. The van der Waals surface area contributed by atoms with Crippen LogP contribution in [-0.2, 0) is 62.3 Å². The van der Waals surface area contributed by atoms with Crippen LogP contribution >= 0.6 is 0 Å². The molecule has 28 heteroatoms. The summed E-state index contributed by atoms with van der Waals surface area (Å²) in [6.45, 7) is 11.2. The number of fused-ring (bicyclic) bond motifs is 14. The van der Waals surface area contributed by atoms with Crippen molar-refractivity contribution in [1.29, 1.82) is 0 Å². The summed E-state index contributed by atoms with van der Waals surface area (Å²) in [5.41, 5.74) is 16.1. The fourth-order valence-corrected chi connectivity index (χ4v) is 17.8. The molecule has 0 N–H and O–H groups in total. The molecule has 716 valence electrons. The molecule has 1 spiro atoms. The second-order valence-electron chi connectivity index (χ2n) is 32.5. The Morgan fingerprint density at radius 3 is 0.482 bits per heavy atom. The molecule has 0 fully saturated rings. The number of hydrogen-bond donors (Lipinski definition) is 0. The van der Waals surface area contributed by atoms with Crippen molar-refractivity contribution in [2.24, 2.45) is 0 Å². The van der Waals surface area contributed by atoms with Gasteiger partial charge >= 0.3 is 0 Å². The Bertz CT molecular complexity index is 5210. The Morgan fingerprint density at radius 1 is 0.161 bits per heavy atom. The van der Waals surface area contributed by atoms with Gasteiger partial charge < -0.3 is 133 Å². The molecule has 6 aliphatic rings. The molecule has 2 aliphatic carbocycles. The molecule has 0 unspecified atom stereocenters. The minimum Gasteiger partial charge on any atom is -0.497 e. The predicted molar refractivity (Wildman–Crippen MR) is 521 cm³/mol. The van der Waals surface area contributed by atoms with E-state index in [2.05, 4.69) is 165 Å². The zero-order valence-corrected chi connectivity index (χ0v) is 77.8. The molecular weight excluding hydrogens is 1750 g/mol. The van der Waals surface area contributed by atoms with Crippen LogP contribution in [0, 0.1) is 0 Å². The number of nitrogens with zero attached hydrogens (tertiary/aromatic N) is 4. The second kappa shape index (κ2) is 47.1. The van der Waals surface area contributed by atoms with Crippen molar-refractivity contribution in [2.75, 3.05) is 259 Å². The summed E-state index contributed by atoms with van der Waals surface area (Å²) >= 11 is 0. The average molecular weight is 1870 g/mol. The Kier molecular flexibility index (Phi) is 32.5. The number of hydrogen-bond acceptors (Lipinski definition) is 28. The Balaban J connectivity index is 0.903. The van der Waals surface area contributed by atoms with Gasteiger partial charge in [0, 0.05) is 69.8 Å². The van der Waals surface area contributed by atoms with E-state index in [0.29, 0.717) is 228 Å². The van der Waals surface area contributed by atoms with Crippen LogP contribution in [0.3, 0.4) is 0 Å². The topological polar surface area (TPSA) is 234 Å². The van der Waals surface area contributed by atoms with Gasteiger partial charge in [0.1, 0.15) is 75.9 Å². The molecule has 137 heavy (non-hydrogen) atoms. The van der Waals surface area contributed by atoms with Crippen molar-refractivity contribution in [2.45, 2.75) is 5.41 Å². The molecule has 12 aromatic carbocycles. The molecule has 4 heterocycles. The summed E-state index contributed by atoms with van der Waals surface area (Å²) < 4.78 is 148. The van der Waals surface area contributed by atoms with Crippen molar-refractivity contribution >= 4 is 68.2 Å². The Labute approximate surface area is 798 Å². The third-order valence-electron chi connectivity index (χ3n) is 24.2. The first-order valence-electron chi connectivity index (χ1n) is 46.7. The predicted octanol–water partition coefficient (Wildman–Crippen LogP) is 19.2. The molecular formula is C109H116N4O24. The lowest BCUT2D eigenvalue weighted by molar-refractivity contribution is 0.00708. The van der Waals surface area contributed by atoms with Gasteiger partial charge in [-0.2, -0.15) is 0 Å². The first-order valence-corrected chi connectivity index (χ1v) is 46.7. The maximum atomic E-state index is 6.77. The molecule has 0 bridgehead atoms. The first kappa shape index (κ1) is 94.3. The average Bonchev–Trinajstić information content (AvgIpc) is 1.50. The van der Waals surface area contributed by atoms with E-state index in [4.69, 9.17) is 114 Å². The molecule has 18 rings (SSSR count). The van der Waals surface area contributed by atoms with E-state index in [-0.39, 0.29) is 52.9 Å². The maximum absolute atomic E-state index is 6.77. The van der Waals surface area contributed by atoms with Gasteiger partial charge in [0.25, 0.3) is 0 Å². The van der Waals surface area contributed by atoms with Crippen LogP contribution in [-0.4, -0.2) is 240 Å². The van der Waals surface area contributed by atoms with E-state index in [1.54, 1.807) is 28.4 Å². The van der Waals surface area contributed by atoms with Crippen LogP contribution < -0.4 is 76.4 Å². The molecule has 28 nitrogen and oxygen atoms in total. The third kappa shape index (κ3) is 22.5. The van der Waals surface area contributed by atoms with Crippen molar-refractivity contribution in [3.05, 3.63) is 265 Å². The zero-order chi connectivity index (χ0) is 93.2. The summed E-state index contributed by atoms with van der Waals surface area (Å²) in [7, 11) is 6.71. The van der Waals surface area contributed by atoms with Crippen molar-refractivity contribution < 1.29 is 114 Å². The van der Waals surface area contributed by atoms with Gasteiger partial charge in [0.2, 0.25) is 0 Å². The summed E-state index contributed by atoms with van der Waals surface area (Å²) in [5.74, 6) is 6.95. The number of ether oxygens (including phenoxy) is 24. The lowest BCUT2D eigenvalue weighted by atomic mass is 9.70. The largest absolute Gasteiger partial charge is 0.497 e. The molecule has 0 aromatic heterocycles. The molecule has 0 radical (unpaired) electrons. The standard InChI is InChI=1S/C109H116N4O24/c1-114-89-21-5-77(6-22-89)110(85-17-33-101-105(73-85)134-65-57-126-49-41-118-37-45-122-53-61-130-101)81-13-29-93-94-30-14-82(111(78-7-23-90(115-2)24-8-78)86-18-34-102-106(74-86)135-66-58-127-50-42-119-38-46-123-54-62-131-102)70-98(94)109(97(93)69-81)99-71-83(112(79-9-25-91(116-3)26-10-79)87-19-35-103-107(75-87)136-67-59-128-51-43-120-39-47-124-55-63-132-103)15-31-95(99)96-32-16-84(72-100(96)109)113(80-11-27-92(117-4)28-12-80)88-20-36-104-108(76-88)137-68-60-129-52-44-121-40-48-125-56-64-133-104/h5-36,69-76H,37-68H2,1-4H3. The van der Waals surface area contributed by atoms with E-state index in [1.165, 1.54) is 0 Å². The second-order valence-corrected chi connectivity index (χ2v) is 32.5. The third-order valence-corrected chi connectivity index (χ3v) is 24.2. The monoisotopic (exact) mass is 1860 g/mol. The highest BCUT2D eigenvalue weighted by Gasteiger charge is 2.53. The van der Waals surface area contributed by atoms with Crippen molar-refractivity contribution in [1.82, 2.24) is 0 Å². The van der Waals surface area contributed by atoms with Crippen LogP contribution in [0.25, 0.3) is 22.3 Å². The highest BCUT2D eigenvalue weighted by atomic mass is 16.6. The number of rotatable bonds is 16. The van der Waals surface area contributed by atoms with Gasteiger partial charge in [-0.3, -0.25) is 0 Å². The van der Waals surface area contributed by atoms with Crippen LogP contribution in [0.4, 0.5) is 68.2 Å². The van der Waals surface area contributed by atoms with Gasteiger partial charge in [0.05, 0.1) is 215 Å². The highest BCUT2D eigenvalue weighted by molar-refractivity contribution is 6.00. The lowest BCUT2D eigenvalue weighted by Crippen LogP contribution is -2.27. The van der Waals surface area contributed by atoms with Crippen LogP contribution in [0.15, 0.2) is 243 Å². The minimum absolute atomic E-state index is 0.230. The fourth-order valence-electron chi connectivity index (χ4n) is 17.8. The SMILES string of the molecule is COc1ccc(N(c2ccc3c(c2)OCCOCCOCCOCCO3)c2ccc3c(c2)C2(c4cc(N(c5ccc(OC)cc5)c5ccc6c(c5)OCCOCCOCCOCCO6)ccc4-3)c3cc(N(c4ccc(OC)cc4)c4ccc5c(c4)OCCOCCOCCOCCO5)ccc3-c3ccc(N(c4ccc(OC)cc4)c4ccc5c(c4)OCCOCCOCCOCCO5)cc32)cc1. The van der Waals surface area contributed by atoms with E-state index >= 15 is 0 Å². The summed E-state index contributed by atoms with van der Waals surface area (Å²) in [6, 6.07) is 84.2. The summed E-state index contributed by atoms with van der Waals surface area (Å²) in [4.78, 5) is 9.03. The van der Waals surface area contributed by atoms with Gasteiger partial charge in [-0.05, 0) is 239 Å². The normalized spacial score (nSPS) is 16.7. The van der Waals surface area contributed by atoms with Crippen molar-refractivity contribution in [3.8, 4) is 91.2 Å². The number of methoxy groups -OCH3 is 4. The van der Waals surface area contributed by atoms with Crippen LogP contribution in [0.1, 0.15) is 22.3 Å². The maximum Gasteiger partial charge on any atom is 0.163 e. The number of anilines is 12. The summed E-state index contributed by atoms with van der Waals surface area (Å²) in [6.07, 6.45) is 0. The van der Waals surface area contributed by atoms with E-state index < -0.39 is 5.41 Å². The van der Waals surface area contributed by atoms with Gasteiger partial charge in [0.15, 0.2) is 46.0 Å². The Morgan fingerprint density at radius 2 is 0.307 bits per heavy atom. The van der Waals surface area contributed by atoms with E-state index in [1.807, 2.05) is 97.1 Å². The van der Waals surface area contributed by atoms with E-state index in [9.17, 15) is 0 Å². The van der Waals surface area contributed by atoms with Gasteiger partial charge in [-0.1, -0.05) is 24.3 Å². The molecule has 4 aliphatic heterocycles. The first-order chi connectivity index (χ1) is 67.8. The van der Waals surface area contributed by atoms with Crippen LogP contribution in [0.5, 0.6) is 69.0 Å². The Hall–Kier alpha value is -13.0. The molecule has 0 saturated heterocycles. The molecule has 0 saturated carbocycles. The van der Waals surface area contributed by atoms with Gasteiger partial charge in [-0.15, -0.1) is 0 Å². The quantitative estimate of drug-likeness (QED) is 0.0874. The van der Waals surface area contributed by atoms with E-state index in [0.717, 1.165) is 113 Å². The zero-order valence-electron chi connectivity index (χ0n) is 77.8. The smallest absolute Gasteiger partial charge is 0.163 e. The molecule has 0 amide bonds. The number of benzene rings is 12. The minimum atomic E-state index is -1.29. The lowest BCUT2D eigenvalue weighted by Gasteiger charge is -2.35. The van der Waals surface area contributed by atoms with Gasteiger partial charge in [-0.25, -0.2) is 0 Å². The fraction of sp³-hybridized carbons (Fsp3) is 0.339. The van der Waals surface area contributed by atoms with Crippen molar-refractivity contribution in [3.63, 3.8) is 0 Å². The highest BCUT2D eigenvalue weighted by Crippen LogP contribution is 2.66.